The first-order chi connectivity index (χ1) is 14.7. The van der Waals surface area contributed by atoms with Gasteiger partial charge in [0.2, 0.25) is 6.79 Å². The van der Waals surface area contributed by atoms with Crippen molar-refractivity contribution in [2.45, 2.75) is 12.6 Å². The topological polar surface area (TPSA) is 59.1 Å². The molecule has 3 heterocycles. The summed E-state index contributed by atoms with van der Waals surface area (Å²) in [5.74, 6) is 1.34. The van der Waals surface area contributed by atoms with Crippen LogP contribution in [-0.2, 0) is 6.42 Å². The summed E-state index contributed by atoms with van der Waals surface area (Å²) in [4.78, 5) is 30.2. The van der Waals surface area contributed by atoms with Crippen molar-refractivity contribution in [1.29, 1.82) is 0 Å². The van der Waals surface area contributed by atoms with Crippen LogP contribution in [0.3, 0.4) is 0 Å². The van der Waals surface area contributed by atoms with Crippen LogP contribution in [0.2, 0.25) is 0 Å². The van der Waals surface area contributed by atoms with Gasteiger partial charge in [-0.05, 0) is 42.3 Å². The number of benzene rings is 3. The van der Waals surface area contributed by atoms with E-state index in [-0.39, 0.29) is 18.6 Å². The average Bonchev–Trinajstić information content (AvgIpc) is 3.36. The smallest absolute Gasteiger partial charge is 0.260 e. The lowest BCUT2D eigenvalue weighted by molar-refractivity contribution is 0.0650. The molecule has 148 valence electrons. The number of carbonyl (C=O) groups excluding carboxylic acids is 2. The van der Waals surface area contributed by atoms with Crippen LogP contribution < -0.4 is 14.4 Å². The number of amides is 2. The van der Waals surface area contributed by atoms with Gasteiger partial charge in [0, 0.05) is 17.7 Å². The molecule has 0 radical (unpaired) electrons. The fraction of sp³-hybridized carbons (Fsp3) is 0.167. The summed E-state index contributed by atoms with van der Waals surface area (Å²) >= 11 is 0. The zero-order valence-corrected chi connectivity index (χ0v) is 16.1. The lowest BCUT2D eigenvalue weighted by Gasteiger charge is -2.41. The fourth-order valence-electron chi connectivity index (χ4n) is 4.55. The highest BCUT2D eigenvalue weighted by Gasteiger charge is 2.47. The normalized spacial score (nSPS) is 18.3. The van der Waals surface area contributed by atoms with Crippen molar-refractivity contribution in [3.8, 4) is 11.5 Å². The maximum atomic E-state index is 13.4. The van der Waals surface area contributed by atoms with E-state index in [0.29, 0.717) is 29.8 Å². The first-order valence-corrected chi connectivity index (χ1v) is 9.93. The highest BCUT2D eigenvalue weighted by Crippen LogP contribution is 2.45. The lowest BCUT2D eigenvalue weighted by Crippen LogP contribution is -2.48. The lowest BCUT2D eigenvalue weighted by atomic mass is 10.0. The molecule has 0 fully saturated rings. The molecule has 3 aromatic carbocycles. The van der Waals surface area contributed by atoms with Crippen LogP contribution >= 0.6 is 0 Å². The number of nitrogens with zero attached hydrogens (tertiary/aromatic N) is 2. The summed E-state index contributed by atoms with van der Waals surface area (Å²) in [5.41, 5.74) is 3.81. The Morgan fingerprint density at radius 2 is 1.60 bits per heavy atom. The van der Waals surface area contributed by atoms with E-state index in [0.717, 1.165) is 22.6 Å². The van der Waals surface area contributed by atoms with Gasteiger partial charge in [-0.1, -0.05) is 36.4 Å². The summed E-state index contributed by atoms with van der Waals surface area (Å²) in [6.45, 7) is 0.714. The van der Waals surface area contributed by atoms with Crippen LogP contribution in [-0.4, -0.2) is 30.1 Å². The molecule has 6 rings (SSSR count). The molecule has 0 aromatic heterocycles. The van der Waals surface area contributed by atoms with Crippen LogP contribution in [0, 0.1) is 0 Å². The number of carbonyl (C=O) groups is 2. The highest BCUT2D eigenvalue weighted by molar-refractivity contribution is 6.16. The van der Waals surface area contributed by atoms with E-state index in [4.69, 9.17) is 9.47 Å². The standard InChI is InChI=1S/C24H18N2O4/c27-23-18-7-3-4-8-19(18)26-22(16-5-1-2-6-17(16)24(26)28)25(23)12-11-15-9-10-20-21(13-15)30-14-29-20/h1-10,13,22H,11-12,14H2. The van der Waals surface area contributed by atoms with Gasteiger partial charge in [0.05, 0.1) is 11.3 Å². The molecule has 1 atom stereocenters. The average molecular weight is 398 g/mol. The van der Waals surface area contributed by atoms with Crippen molar-refractivity contribution in [2.75, 3.05) is 18.2 Å². The number of fused-ring (bicyclic) bond motifs is 6. The second kappa shape index (κ2) is 6.35. The van der Waals surface area contributed by atoms with E-state index >= 15 is 0 Å². The zero-order chi connectivity index (χ0) is 20.2. The minimum atomic E-state index is -0.426. The van der Waals surface area contributed by atoms with E-state index in [1.807, 2.05) is 60.7 Å². The minimum absolute atomic E-state index is 0.0582. The van der Waals surface area contributed by atoms with Crippen molar-refractivity contribution in [3.63, 3.8) is 0 Å². The summed E-state index contributed by atoms with van der Waals surface area (Å²) in [6, 6.07) is 20.7. The Balaban J connectivity index is 1.39. The van der Waals surface area contributed by atoms with Gasteiger partial charge >= 0.3 is 0 Å². The largest absolute Gasteiger partial charge is 0.454 e. The van der Waals surface area contributed by atoms with Gasteiger partial charge in [-0.2, -0.15) is 0 Å². The van der Waals surface area contributed by atoms with Gasteiger partial charge in [-0.15, -0.1) is 0 Å². The Morgan fingerprint density at radius 1 is 0.833 bits per heavy atom. The van der Waals surface area contributed by atoms with Crippen molar-refractivity contribution < 1.29 is 19.1 Å². The van der Waals surface area contributed by atoms with Crippen LogP contribution in [0.4, 0.5) is 5.69 Å². The third-order valence-electron chi connectivity index (χ3n) is 5.96. The Labute approximate surface area is 173 Å². The third-order valence-corrected chi connectivity index (χ3v) is 5.96. The van der Waals surface area contributed by atoms with Gasteiger partial charge in [0.25, 0.3) is 11.8 Å². The molecule has 3 aliphatic heterocycles. The molecule has 6 nitrogen and oxygen atoms in total. The molecular weight excluding hydrogens is 380 g/mol. The molecule has 0 spiro atoms. The minimum Gasteiger partial charge on any atom is -0.454 e. The number of rotatable bonds is 3. The molecule has 0 N–H and O–H groups in total. The van der Waals surface area contributed by atoms with E-state index in [1.54, 1.807) is 15.9 Å². The Bertz CT molecular complexity index is 1210. The van der Waals surface area contributed by atoms with Crippen LogP contribution in [0.25, 0.3) is 0 Å². The maximum absolute atomic E-state index is 13.4. The van der Waals surface area contributed by atoms with Gasteiger partial charge in [-0.25, -0.2) is 0 Å². The molecular formula is C24H18N2O4. The molecule has 3 aromatic rings. The molecule has 0 aliphatic carbocycles. The van der Waals surface area contributed by atoms with Gasteiger partial charge < -0.3 is 14.4 Å². The zero-order valence-electron chi connectivity index (χ0n) is 16.1. The predicted octanol–water partition coefficient (Wildman–Crippen LogP) is 3.77. The third kappa shape index (κ3) is 2.37. The van der Waals surface area contributed by atoms with E-state index in [1.165, 1.54) is 0 Å². The summed E-state index contributed by atoms with van der Waals surface area (Å²) < 4.78 is 10.9. The van der Waals surface area contributed by atoms with Crippen LogP contribution in [0.15, 0.2) is 66.7 Å². The molecule has 30 heavy (non-hydrogen) atoms. The van der Waals surface area contributed by atoms with E-state index in [2.05, 4.69) is 0 Å². The molecule has 6 heteroatoms. The van der Waals surface area contributed by atoms with Crippen LogP contribution in [0.1, 0.15) is 38.0 Å². The van der Waals surface area contributed by atoms with Gasteiger partial charge in [0.15, 0.2) is 11.5 Å². The number of hydrogen-bond acceptors (Lipinski definition) is 4. The maximum Gasteiger partial charge on any atom is 0.260 e. The number of para-hydroxylation sites is 1. The fourth-order valence-corrected chi connectivity index (χ4v) is 4.55. The summed E-state index contributed by atoms with van der Waals surface area (Å²) in [6.07, 6.45) is 0.218. The Hall–Kier alpha value is -3.80. The van der Waals surface area contributed by atoms with E-state index < -0.39 is 6.17 Å². The first kappa shape index (κ1) is 17.1. The monoisotopic (exact) mass is 398 g/mol. The van der Waals surface area contributed by atoms with E-state index in [9.17, 15) is 9.59 Å². The quantitative estimate of drug-likeness (QED) is 0.674. The number of hydrogen-bond donors (Lipinski definition) is 0. The predicted molar refractivity (Wildman–Crippen MR) is 110 cm³/mol. The SMILES string of the molecule is O=C1c2ccccc2N2C(=O)c3ccccc3C2N1CCc1ccc2c(c1)OCO2. The molecule has 0 bridgehead atoms. The second-order valence-electron chi connectivity index (χ2n) is 7.59. The van der Waals surface area contributed by atoms with Crippen molar-refractivity contribution >= 4 is 17.5 Å². The number of anilines is 1. The summed E-state index contributed by atoms with van der Waals surface area (Å²) in [7, 11) is 0. The van der Waals surface area contributed by atoms with Gasteiger partial charge in [-0.3, -0.25) is 14.5 Å². The van der Waals surface area contributed by atoms with Crippen molar-refractivity contribution in [3.05, 3.63) is 89.0 Å². The van der Waals surface area contributed by atoms with Gasteiger partial charge in [0.1, 0.15) is 6.17 Å². The Morgan fingerprint density at radius 3 is 2.50 bits per heavy atom. The molecule has 3 aliphatic rings. The Kier molecular flexibility index (Phi) is 3.62. The summed E-state index contributed by atoms with van der Waals surface area (Å²) in [5, 5.41) is 0. The second-order valence-corrected chi connectivity index (χ2v) is 7.59. The van der Waals surface area contributed by atoms with Crippen LogP contribution in [0.5, 0.6) is 11.5 Å². The highest BCUT2D eigenvalue weighted by atomic mass is 16.7. The number of ether oxygens (including phenoxy) is 2. The molecule has 0 saturated heterocycles. The molecule has 1 unspecified atom stereocenters. The first-order valence-electron chi connectivity index (χ1n) is 9.93. The van der Waals surface area contributed by atoms with Crippen molar-refractivity contribution in [2.24, 2.45) is 0 Å². The molecule has 0 saturated carbocycles. The van der Waals surface area contributed by atoms with Crippen molar-refractivity contribution in [1.82, 2.24) is 4.90 Å². The molecule has 2 amide bonds.